The van der Waals surface area contributed by atoms with Crippen molar-refractivity contribution in [3.8, 4) is 11.5 Å². The predicted octanol–water partition coefficient (Wildman–Crippen LogP) is 1.60. The van der Waals surface area contributed by atoms with Gasteiger partial charge in [-0.3, -0.25) is 4.79 Å². The van der Waals surface area contributed by atoms with Crippen molar-refractivity contribution in [1.29, 1.82) is 0 Å². The van der Waals surface area contributed by atoms with Gasteiger partial charge in [0.15, 0.2) is 11.5 Å². The zero-order chi connectivity index (χ0) is 13.2. The number of carbonyl (C=O) groups is 1. The lowest BCUT2D eigenvalue weighted by molar-refractivity contribution is -0.138. The molecule has 0 saturated carbocycles. The first-order valence-electron chi connectivity index (χ1n) is 4.92. The van der Waals surface area contributed by atoms with Gasteiger partial charge < -0.3 is 20.7 Å². The van der Waals surface area contributed by atoms with E-state index in [4.69, 9.17) is 15.6 Å². The number of aliphatic carboxylic acids is 1. The molecule has 0 fully saturated rings. The molecule has 4 N–H and O–H groups in total. The Morgan fingerprint density at radius 1 is 1.65 bits per heavy atom. The molecule has 1 atom stereocenters. The molecule has 0 amide bonds. The van der Waals surface area contributed by atoms with Crippen LogP contribution in [0.5, 0.6) is 11.5 Å². The van der Waals surface area contributed by atoms with E-state index in [0.717, 1.165) is 0 Å². The van der Waals surface area contributed by atoms with Crippen molar-refractivity contribution in [3.63, 3.8) is 0 Å². The van der Waals surface area contributed by atoms with Crippen LogP contribution in [0.1, 0.15) is 17.0 Å². The first-order chi connectivity index (χ1) is 7.93. The summed E-state index contributed by atoms with van der Waals surface area (Å²) in [5.74, 6) is -1.91. The van der Waals surface area contributed by atoms with Crippen molar-refractivity contribution in [2.75, 3.05) is 13.7 Å². The normalized spacial score (nSPS) is 12.2. The van der Waals surface area contributed by atoms with Gasteiger partial charge in [-0.15, -0.1) is 0 Å². The Hall–Kier alpha value is -1.27. The van der Waals surface area contributed by atoms with E-state index in [1.54, 1.807) is 6.92 Å². The lowest BCUT2D eigenvalue weighted by Gasteiger charge is -2.19. The van der Waals surface area contributed by atoms with Crippen LogP contribution in [-0.2, 0) is 4.79 Å². The highest BCUT2D eigenvalue weighted by atomic mass is 79.9. The zero-order valence-electron chi connectivity index (χ0n) is 9.53. The molecule has 6 heteroatoms. The topological polar surface area (TPSA) is 92.8 Å². The summed E-state index contributed by atoms with van der Waals surface area (Å²) >= 11 is 3.26. The Kier molecular flexibility index (Phi) is 4.36. The second-order valence-corrected chi connectivity index (χ2v) is 4.43. The van der Waals surface area contributed by atoms with Crippen molar-refractivity contribution in [3.05, 3.63) is 21.7 Å². The van der Waals surface area contributed by atoms with Crippen LogP contribution in [0.4, 0.5) is 0 Å². The smallest absolute Gasteiger partial charge is 0.312 e. The van der Waals surface area contributed by atoms with E-state index in [0.29, 0.717) is 15.6 Å². The fourth-order valence-electron chi connectivity index (χ4n) is 1.71. The van der Waals surface area contributed by atoms with E-state index in [-0.39, 0.29) is 18.0 Å². The maximum Gasteiger partial charge on any atom is 0.312 e. The first kappa shape index (κ1) is 13.8. The van der Waals surface area contributed by atoms with Gasteiger partial charge in [-0.25, -0.2) is 0 Å². The van der Waals surface area contributed by atoms with E-state index < -0.39 is 11.9 Å². The van der Waals surface area contributed by atoms with E-state index in [2.05, 4.69) is 15.9 Å². The minimum absolute atomic E-state index is 0.0670. The molecular weight excluding hydrogens is 290 g/mol. The third-order valence-corrected chi connectivity index (χ3v) is 3.41. The molecule has 17 heavy (non-hydrogen) atoms. The Morgan fingerprint density at radius 3 is 2.65 bits per heavy atom. The highest BCUT2D eigenvalue weighted by Crippen LogP contribution is 2.40. The average Bonchev–Trinajstić information content (AvgIpc) is 2.25. The zero-order valence-corrected chi connectivity index (χ0v) is 11.1. The number of halogens is 1. The number of carboxylic acid groups (broad SMARTS) is 1. The Bertz CT molecular complexity index is 448. The van der Waals surface area contributed by atoms with Crippen LogP contribution >= 0.6 is 15.9 Å². The highest BCUT2D eigenvalue weighted by molar-refractivity contribution is 9.10. The van der Waals surface area contributed by atoms with Crippen molar-refractivity contribution in [2.24, 2.45) is 5.73 Å². The number of nitrogens with two attached hydrogens (primary N) is 1. The third kappa shape index (κ3) is 2.53. The molecule has 0 aromatic heterocycles. The van der Waals surface area contributed by atoms with Crippen LogP contribution in [-0.4, -0.2) is 29.8 Å². The minimum Gasteiger partial charge on any atom is -0.504 e. The summed E-state index contributed by atoms with van der Waals surface area (Å²) < 4.78 is 5.67. The number of methoxy groups -OCH3 is 1. The molecule has 1 unspecified atom stereocenters. The van der Waals surface area contributed by atoms with Gasteiger partial charge >= 0.3 is 5.97 Å². The maximum atomic E-state index is 11.1. The van der Waals surface area contributed by atoms with Crippen LogP contribution in [0, 0.1) is 6.92 Å². The number of aromatic hydroxyl groups is 1. The molecule has 94 valence electrons. The predicted molar refractivity (Wildman–Crippen MR) is 66.5 cm³/mol. The quantitative estimate of drug-likeness (QED) is 0.785. The Balaban J connectivity index is 3.53. The molecule has 0 aliphatic rings. The number of carboxylic acids is 1. The van der Waals surface area contributed by atoms with Gasteiger partial charge in [0, 0.05) is 16.6 Å². The number of benzene rings is 1. The van der Waals surface area contributed by atoms with Crippen LogP contribution in [0.25, 0.3) is 0 Å². The molecule has 0 heterocycles. The van der Waals surface area contributed by atoms with Gasteiger partial charge in [0.2, 0.25) is 0 Å². The molecule has 1 rings (SSSR count). The summed E-state index contributed by atoms with van der Waals surface area (Å²) in [4.78, 5) is 11.1. The molecule has 0 aliphatic carbocycles. The molecule has 0 saturated heterocycles. The second-order valence-electron chi connectivity index (χ2n) is 3.58. The third-order valence-electron chi connectivity index (χ3n) is 2.59. The molecule has 0 bridgehead atoms. The van der Waals surface area contributed by atoms with Crippen LogP contribution in [0.15, 0.2) is 10.5 Å². The summed E-state index contributed by atoms with van der Waals surface area (Å²) in [6, 6.07) is 1.47. The second kappa shape index (κ2) is 5.37. The fraction of sp³-hybridized carbons (Fsp3) is 0.364. The maximum absolute atomic E-state index is 11.1. The van der Waals surface area contributed by atoms with Crippen LogP contribution in [0.2, 0.25) is 0 Å². The first-order valence-corrected chi connectivity index (χ1v) is 5.72. The molecule has 1 aromatic rings. The number of phenolic OH excluding ortho intramolecular Hbond substituents is 1. The van der Waals surface area contributed by atoms with Crippen LogP contribution in [0.3, 0.4) is 0 Å². The van der Waals surface area contributed by atoms with E-state index >= 15 is 0 Å². The van der Waals surface area contributed by atoms with Crippen molar-refractivity contribution < 1.29 is 19.7 Å². The van der Waals surface area contributed by atoms with E-state index in [1.807, 2.05) is 0 Å². The SMILES string of the molecule is COc1c(O)cc(Br)c(C)c1C(CN)C(=O)O. The number of hydrogen-bond acceptors (Lipinski definition) is 4. The van der Waals surface area contributed by atoms with E-state index in [1.165, 1.54) is 13.2 Å². The summed E-state index contributed by atoms with van der Waals surface area (Å²) in [6.45, 7) is 1.68. The number of rotatable bonds is 4. The monoisotopic (exact) mass is 303 g/mol. The Labute approximate surface area is 107 Å². The summed E-state index contributed by atoms with van der Waals surface area (Å²) in [7, 11) is 1.38. The van der Waals surface area contributed by atoms with Gasteiger partial charge in [0.25, 0.3) is 0 Å². The van der Waals surface area contributed by atoms with Crippen molar-refractivity contribution in [2.45, 2.75) is 12.8 Å². The largest absolute Gasteiger partial charge is 0.504 e. The number of phenols is 1. The van der Waals surface area contributed by atoms with Gasteiger partial charge in [-0.05, 0) is 18.6 Å². The lowest BCUT2D eigenvalue weighted by Crippen LogP contribution is -2.22. The van der Waals surface area contributed by atoms with E-state index in [9.17, 15) is 9.90 Å². The highest BCUT2D eigenvalue weighted by Gasteiger charge is 2.27. The van der Waals surface area contributed by atoms with Gasteiger partial charge in [-0.2, -0.15) is 0 Å². The number of ether oxygens (including phenoxy) is 1. The van der Waals surface area contributed by atoms with Gasteiger partial charge in [0.05, 0.1) is 13.0 Å². The Morgan fingerprint density at radius 2 is 2.24 bits per heavy atom. The van der Waals surface area contributed by atoms with Gasteiger partial charge in [-0.1, -0.05) is 15.9 Å². The average molecular weight is 304 g/mol. The molecular formula is C11H14BrNO4. The molecule has 0 spiro atoms. The lowest BCUT2D eigenvalue weighted by atomic mass is 9.93. The fourth-order valence-corrected chi connectivity index (χ4v) is 2.14. The molecule has 0 aliphatic heterocycles. The van der Waals surface area contributed by atoms with Crippen molar-refractivity contribution in [1.82, 2.24) is 0 Å². The van der Waals surface area contributed by atoms with Crippen molar-refractivity contribution >= 4 is 21.9 Å². The standard InChI is InChI=1S/C11H14BrNO4/c1-5-7(12)3-8(14)10(17-2)9(5)6(4-13)11(15)16/h3,6,14H,4,13H2,1-2H3,(H,15,16). The molecule has 1 aromatic carbocycles. The van der Waals surface area contributed by atoms with Gasteiger partial charge in [0.1, 0.15) is 0 Å². The van der Waals surface area contributed by atoms with Crippen LogP contribution < -0.4 is 10.5 Å². The molecule has 0 radical (unpaired) electrons. The molecule has 5 nitrogen and oxygen atoms in total. The number of hydrogen-bond donors (Lipinski definition) is 3. The summed E-state index contributed by atoms with van der Waals surface area (Å²) in [5, 5.41) is 18.9. The minimum atomic E-state index is -1.05. The summed E-state index contributed by atoms with van der Waals surface area (Å²) in [5.41, 5.74) is 6.55. The summed E-state index contributed by atoms with van der Waals surface area (Å²) in [6.07, 6.45) is 0.